The molecule has 1 aliphatic rings. The summed E-state index contributed by atoms with van der Waals surface area (Å²) in [5.74, 6) is -0.201. The molecule has 1 aromatic carbocycles. The Labute approximate surface area is 191 Å². The van der Waals surface area contributed by atoms with Gasteiger partial charge in [-0.1, -0.05) is 24.3 Å². The lowest BCUT2D eigenvalue weighted by Gasteiger charge is -2.25. The first-order valence-corrected chi connectivity index (χ1v) is 12.4. The van der Waals surface area contributed by atoms with Crippen molar-refractivity contribution < 1.29 is 17.9 Å². The zero-order valence-electron chi connectivity index (χ0n) is 17.3. The third-order valence-electron chi connectivity index (χ3n) is 4.84. The number of carbonyl (C=O) groups is 1. The van der Waals surface area contributed by atoms with Gasteiger partial charge in [-0.25, -0.2) is 8.42 Å². The van der Waals surface area contributed by atoms with E-state index < -0.39 is 10.0 Å². The SMILES string of the molecule is O=C(Cc1ccc(S(=O)(=O)N2CCOCC2)s1)Nc1cccc(C=Cc2ccccn2)c1. The molecule has 32 heavy (non-hydrogen) atoms. The molecule has 4 rings (SSSR count). The van der Waals surface area contributed by atoms with Crippen molar-refractivity contribution in [3.05, 3.63) is 76.9 Å². The van der Waals surface area contributed by atoms with E-state index in [0.717, 1.165) is 22.6 Å². The van der Waals surface area contributed by atoms with Gasteiger partial charge < -0.3 is 10.1 Å². The van der Waals surface area contributed by atoms with E-state index in [1.54, 1.807) is 18.3 Å². The summed E-state index contributed by atoms with van der Waals surface area (Å²) in [6.45, 7) is 1.49. The Morgan fingerprint density at radius 3 is 2.72 bits per heavy atom. The van der Waals surface area contributed by atoms with Crippen LogP contribution in [-0.2, 0) is 26.0 Å². The number of thiophene rings is 1. The standard InChI is InChI=1S/C23H23N3O4S2/c27-22(17-21-9-10-23(31-21)32(28,29)26-12-14-30-15-13-26)25-20-6-3-4-18(16-20)7-8-19-5-1-2-11-24-19/h1-11,16H,12-15,17H2,(H,25,27). The van der Waals surface area contributed by atoms with Crippen LogP contribution in [0.2, 0.25) is 0 Å². The minimum atomic E-state index is -3.54. The summed E-state index contributed by atoms with van der Waals surface area (Å²) in [6, 6.07) is 16.5. The number of rotatable bonds is 7. The van der Waals surface area contributed by atoms with Crippen molar-refractivity contribution in [3.63, 3.8) is 0 Å². The number of hydrogen-bond donors (Lipinski definition) is 1. The normalized spacial score (nSPS) is 15.1. The summed E-state index contributed by atoms with van der Waals surface area (Å²) in [5.41, 5.74) is 2.46. The number of aromatic nitrogens is 1. The number of hydrogen-bond acceptors (Lipinski definition) is 6. The van der Waals surface area contributed by atoms with Crippen molar-refractivity contribution in [2.45, 2.75) is 10.6 Å². The molecule has 0 spiro atoms. The zero-order chi connectivity index (χ0) is 22.4. The fraction of sp³-hybridized carbons (Fsp3) is 0.217. The number of pyridine rings is 1. The first-order valence-electron chi connectivity index (χ1n) is 10.2. The third kappa shape index (κ3) is 5.68. The predicted octanol–water partition coefficient (Wildman–Crippen LogP) is 3.52. The van der Waals surface area contributed by atoms with Crippen LogP contribution in [0, 0.1) is 0 Å². The van der Waals surface area contributed by atoms with Crippen LogP contribution < -0.4 is 5.32 Å². The summed E-state index contributed by atoms with van der Waals surface area (Å²) < 4.78 is 32.4. The molecule has 2 aromatic heterocycles. The maximum absolute atomic E-state index is 12.7. The van der Waals surface area contributed by atoms with Crippen LogP contribution in [0.25, 0.3) is 12.2 Å². The van der Waals surface area contributed by atoms with Crippen molar-refractivity contribution in [1.29, 1.82) is 0 Å². The highest BCUT2D eigenvalue weighted by Crippen LogP contribution is 2.26. The van der Waals surface area contributed by atoms with E-state index in [9.17, 15) is 13.2 Å². The van der Waals surface area contributed by atoms with Crippen molar-refractivity contribution in [2.24, 2.45) is 0 Å². The van der Waals surface area contributed by atoms with Gasteiger partial charge in [-0.2, -0.15) is 4.31 Å². The van der Waals surface area contributed by atoms with Crippen LogP contribution in [-0.4, -0.2) is 49.9 Å². The Bertz CT molecular complexity index is 1200. The second kappa shape index (κ2) is 10.2. The highest BCUT2D eigenvalue weighted by atomic mass is 32.2. The molecular formula is C23H23N3O4S2. The predicted molar refractivity (Wildman–Crippen MR) is 126 cm³/mol. The number of carbonyl (C=O) groups excluding carboxylic acids is 1. The zero-order valence-corrected chi connectivity index (χ0v) is 18.9. The lowest BCUT2D eigenvalue weighted by Crippen LogP contribution is -2.40. The second-order valence-electron chi connectivity index (χ2n) is 7.18. The van der Waals surface area contributed by atoms with E-state index in [0.29, 0.717) is 36.9 Å². The minimum Gasteiger partial charge on any atom is -0.379 e. The molecule has 9 heteroatoms. The van der Waals surface area contributed by atoms with Crippen LogP contribution in [0.5, 0.6) is 0 Å². The summed E-state index contributed by atoms with van der Waals surface area (Å²) in [5, 5.41) is 2.88. The molecular weight excluding hydrogens is 446 g/mol. The summed E-state index contributed by atoms with van der Waals surface area (Å²) in [6.07, 6.45) is 5.68. The maximum Gasteiger partial charge on any atom is 0.252 e. The fourth-order valence-corrected chi connectivity index (χ4v) is 6.16. The van der Waals surface area contributed by atoms with Crippen LogP contribution in [0.1, 0.15) is 16.1 Å². The van der Waals surface area contributed by atoms with Gasteiger partial charge in [0.25, 0.3) is 10.0 Å². The van der Waals surface area contributed by atoms with Gasteiger partial charge in [0.1, 0.15) is 4.21 Å². The van der Waals surface area contributed by atoms with E-state index >= 15 is 0 Å². The molecule has 1 fully saturated rings. The van der Waals surface area contributed by atoms with E-state index in [4.69, 9.17) is 4.74 Å². The van der Waals surface area contributed by atoms with Gasteiger partial charge in [0, 0.05) is 29.9 Å². The van der Waals surface area contributed by atoms with Gasteiger partial charge >= 0.3 is 0 Å². The highest BCUT2D eigenvalue weighted by Gasteiger charge is 2.27. The number of benzene rings is 1. The van der Waals surface area contributed by atoms with Crippen molar-refractivity contribution in [2.75, 3.05) is 31.6 Å². The smallest absolute Gasteiger partial charge is 0.252 e. The number of morpholine rings is 1. The van der Waals surface area contributed by atoms with Crippen LogP contribution >= 0.6 is 11.3 Å². The summed E-state index contributed by atoms with van der Waals surface area (Å²) in [7, 11) is -3.54. The van der Waals surface area contributed by atoms with Crippen LogP contribution in [0.3, 0.4) is 0 Å². The Balaban J connectivity index is 1.38. The Morgan fingerprint density at radius 2 is 1.94 bits per heavy atom. The minimum absolute atomic E-state index is 0.108. The van der Waals surface area contributed by atoms with E-state index in [2.05, 4.69) is 10.3 Å². The van der Waals surface area contributed by atoms with Gasteiger partial charge in [-0.15, -0.1) is 11.3 Å². The van der Waals surface area contributed by atoms with Crippen molar-refractivity contribution in [3.8, 4) is 0 Å². The summed E-state index contributed by atoms with van der Waals surface area (Å²) >= 11 is 1.13. The van der Waals surface area contributed by atoms with E-state index in [-0.39, 0.29) is 16.5 Å². The lowest BCUT2D eigenvalue weighted by molar-refractivity contribution is -0.115. The van der Waals surface area contributed by atoms with Gasteiger partial charge in [0.2, 0.25) is 5.91 Å². The molecule has 3 heterocycles. The van der Waals surface area contributed by atoms with Gasteiger partial charge in [0.15, 0.2) is 0 Å². The topological polar surface area (TPSA) is 88.6 Å². The second-order valence-corrected chi connectivity index (χ2v) is 10.5. The first-order chi connectivity index (χ1) is 15.5. The Hall–Kier alpha value is -2.85. The molecule has 7 nitrogen and oxygen atoms in total. The number of nitrogens with one attached hydrogen (secondary N) is 1. The van der Waals surface area contributed by atoms with Crippen LogP contribution in [0.4, 0.5) is 5.69 Å². The average Bonchev–Trinajstić information content (AvgIpc) is 3.28. The molecule has 1 aliphatic heterocycles. The number of nitrogens with zero attached hydrogens (tertiary/aromatic N) is 2. The molecule has 3 aromatic rings. The molecule has 0 atom stereocenters. The Morgan fingerprint density at radius 1 is 1.09 bits per heavy atom. The summed E-state index contributed by atoms with van der Waals surface area (Å²) in [4.78, 5) is 17.5. The fourth-order valence-electron chi connectivity index (χ4n) is 3.25. The quantitative estimate of drug-likeness (QED) is 0.572. The molecule has 1 N–H and O–H groups in total. The number of ether oxygens (including phenoxy) is 1. The number of amides is 1. The van der Waals surface area contributed by atoms with Gasteiger partial charge in [-0.05, 0) is 48.0 Å². The number of anilines is 1. The molecule has 0 bridgehead atoms. The third-order valence-corrected chi connectivity index (χ3v) is 8.29. The maximum atomic E-state index is 12.7. The average molecular weight is 470 g/mol. The highest BCUT2D eigenvalue weighted by molar-refractivity contribution is 7.91. The first kappa shape index (κ1) is 22.3. The van der Waals surface area contributed by atoms with Crippen LogP contribution in [0.15, 0.2) is 65.0 Å². The Kier molecular flexibility index (Phi) is 7.11. The lowest BCUT2D eigenvalue weighted by atomic mass is 10.1. The molecule has 0 radical (unpaired) electrons. The van der Waals surface area contributed by atoms with Crippen molar-refractivity contribution >= 4 is 45.1 Å². The van der Waals surface area contributed by atoms with Crippen molar-refractivity contribution in [1.82, 2.24) is 9.29 Å². The number of sulfonamides is 1. The van der Waals surface area contributed by atoms with E-state index in [1.807, 2.05) is 54.6 Å². The molecule has 1 saturated heterocycles. The van der Waals surface area contributed by atoms with E-state index in [1.165, 1.54) is 4.31 Å². The molecule has 0 unspecified atom stereocenters. The van der Waals surface area contributed by atoms with Gasteiger partial charge in [-0.3, -0.25) is 9.78 Å². The molecule has 1 amide bonds. The molecule has 166 valence electrons. The largest absolute Gasteiger partial charge is 0.379 e. The monoisotopic (exact) mass is 469 g/mol. The van der Waals surface area contributed by atoms with Gasteiger partial charge in [0.05, 0.1) is 25.3 Å². The molecule has 0 saturated carbocycles. The molecule has 0 aliphatic carbocycles.